The molecule has 0 atom stereocenters. The van der Waals surface area contributed by atoms with Crippen molar-refractivity contribution in [2.24, 2.45) is 21.7 Å². The first-order valence-corrected chi connectivity index (χ1v) is 5.21. The average Bonchev–Trinajstić information content (AvgIpc) is 2.72. The van der Waals surface area contributed by atoms with E-state index >= 15 is 0 Å². The van der Waals surface area contributed by atoms with Crippen molar-refractivity contribution in [3.8, 4) is 0 Å². The number of aromatic amines is 1. The zero-order valence-electron chi connectivity index (χ0n) is 9.68. The van der Waals surface area contributed by atoms with Crippen LogP contribution in [0.3, 0.4) is 0 Å². The van der Waals surface area contributed by atoms with Crippen LogP contribution in [0.4, 0.5) is 21.2 Å². The van der Waals surface area contributed by atoms with E-state index in [1.807, 2.05) is 0 Å². The van der Waals surface area contributed by atoms with E-state index in [1.54, 1.807) is 24.3 Å². The largest absolute Gasteiger partial charge is 0.357 e. The Labute approximate surface area is 107 Å². The second kappa shape index (κ2) is 5.04. The molecule has 2 aromatic rings. The van der Waals surface area contributed by atoms with Crippen LogP contribution in [-0.4, -0.2) is 17.0 Å². The van der Waals surface area contributed by atoms with Gasteiger partial charge in [0, 0.05) is 10.8 Å². The van der Waals surface area contributed by atoms with Gasteiger partial charge in [-0.1, -0.05) is 29.4 Å². The Morgan fingerprint density at radius 1 is 1.16 bits per heavy atom. The summed E-state index contributed by atoms with van der Waals surface area (Å²) in [5.41, 5.74) is 14.7. The molecule has 9 nitrogen and oxygen atoms in total. The van der Waals surface area contributed by atoms with Crippen molar-refractivity contribution in [2.45, 2.75) is 0 Å². The van der Waals surface area contributed by atoms with E-state index in [0.717, 1.165) is 5.39 Å². The lowest BCUT2D eigenvalue weighted by molar-refractivity contribution is 0.250. The number of primary amides is 2. The monoisotopic (exact) mass is 261 g/mol. The fraction of sp³-hybridized carbons (Fsp3) is 0. The lowest BCUT2D eigenvalue weighted by atomic mass is 10.2. The maximum Gasteiger partial charge on any atom is 0.357 e. The highest BCUT2D eigenvalue weighted by molar-refractivity contribution is 6.00. The van der Waals surface area contributed by atoms with Crippen molar-refractivity contribution < 1.29 is 9.59 Å². The summed E-state index contributed by atoms with van der Waals surface area (Å²) in [4.78, 5) is 24.1. The molecular formula is C10H11N7O2. The first kappa shape index (κ1) is 12.4. The number of hydrazine groups is 1. The number of anilines is 1. The molecule has 0 saturated heterocycles. The number of fused-ring (bicyclic) bond motifs is 1. The standard InChI is InChI=1S/C10H11N7O2/c11-9(18)16-14-7-5-3-1-2-4-6(5)8(13-7)15-17-10(12)19/h1-4,13-14H,(H2,12,19)(H3,11,16,18). The van der Waals surface area contributed by atoms with E-state index in [2.05, 4.69) is 26.1 Å². The number of rotatable bonds is 3. The molecule has 1 aromatic carbocycles. The number of nitrogens with one attached hydrogen (secondary N) is 3. The van der Waals surface area contributed by atoms with Crippen molar-refractivity contribution in [3.63, 3.8) is 0 Å². The number of carbonyl (C=O) groups is 2. The summed E-state index contributed by atoms with van der Waals surface area (Å²) in [7, 11) is 0. The number of hydrogen-bond donors (Lipinski definition) is 5. The van der Waals surface area contributed by atoms with Crippen LogP contribution < -0.4 is 22.3 Å². The van der Waals surface area contributed by atoms with E-state index < -0.39 is 12.1 Å². The summed E-state index contributed by atoms with van der Waals surface area (Å²) < 4.78 is 0. The molecule has 7 N–H and O–H groups in total. The molecule has 0 bridgehead atoms. The smallest absolute Gasteiger partial charge is 0.350 e. The third kappa shape index (κ3) is 2.77. The molecule has 98 valence electrons. The Hall–Kier alpha value is -3.10. The zero-order chi connectivity index (χ0) is 13.8. The van der Waals surface area contributed by atoms with Gasteiger partial charge < -0.3 is 16.5 Å². The lowest BCUT2D eigenvalue weighted by Gasteiger charge is -2.03. The van der Waals surface area contributed by atoms with Crippen LogP contribution in [0.5, 0.6) is 0 Å². The van der Waals surface area contributed by atoms with Crippen LogP contribution in [-0.2, 0) is 0 Å². The summed E-state index contributed by atoms with van der Waals surface area (Å²) >= 11 is 0. The minimum absolute atomic E-state index is 0.336. The molecule has 9 heteroatoms. The molecule has 2 rings (SSSR count). The van der Waals surface area contributed by atoms with Gasteiger partial charge in [0.15, 0.2) is 5.82 Å². The molecule has 0 radical (unpaired) electrons. The summed E-state index contributed by atoms with van der Waals surface area (Å²) in [5.74, 6) is 0.802. The van der Waals surface area contributed by atoms with Crippen molar-refractivity contribution in [1.82, 2.24) is 10.4 Å². The van der Waals surface area contributed by atoms with Crippen molar-refractivity contribution in [1.29, 1.82) is 0 Å². The number of amides is 4. The fourth-order valence-electron chi connectivity index (χ4n) is 1.56. The van der Waals surface area contributed by atoms with Crippen molar-refractivity contribution >= 4 is 34.5 Å². The van der Waals surface area contributed by atoms with Crippen LogP contribution >= 0.6 is 0 Å². The van der Waals surface area contributed by atoms with Gasteiger partial charge in [-0.25, -0.2) is 9.59 Å². The molecule has 0 saturated carbocycles. The predicted molar refractivity (Wildman–Crippen MR) is 68.7 cm³/mol. The van der Waals surface area contributed by atoms with Gasteiger partial charge in [0.1, 0.15) is 5.82 Å². The van der Waals surface area contributed by atoms with Gasteiger partial charge >= 0.3 is 12.1 Å². The maximum atomic E-state index is 10.7. The minimum atomic E-state index is -0.900. The molecule has 0 spiro atoms. The molecule has 0 aliphatic rings. The maximum absolute atomic E-state index is 10.7. The summed E-state index contributed by atoms with van der Waals surface area (Å²) in [6.07, 6.45) is 0. The van der Waals surface area contributed by atoms with E-state index in [-0.39, 0.29) is 0 Å². The Morgan fingerprint density at radius 3 is 2.47 bits per heavy atom. The number of hydrogen-bond acceptors (Lipinski definition) is 4. The Kier molecular flexibility index (Phi) is 3.28. The number of aromatic nitrogens is 1. The van der Waals surface area contributed by atoms with Crippen LogP contribution in [0.15, 0.2) is 34.5 Å². The third-order valence-corrected chi connectivity index (χ3v) is 2.25. The van der Waals surface area contributed by atoms with Gasteiger partial charge in [0.2, 0.25) is 0 Å². The summed E-state index contributed by atoms with van der Waals surface area (Å²) in [6.45, 7) is 0. The van der Waals surface area contributed by atoms with E-state index in [1.165, 1.54) is 0 Å². The number of H-pyrrole nitrogens is 1. The molecule has 1 heterocycles. The minimum Gasteiger partial charge on any atom is -0.350 e. The van der Waals surface area contributed by atoms with E-state index in [9.17, 15) is 9.59 Å². The van der Waals surface area contributed by atoms with Gasteiger partial charge in [-0.3, -0.25) is 10.9 Å². The number of azo groups is 1. The first-order valence-electron chi connectivity index (χ1n) is 5.21. The molecule has 19 heavy (non-hydrogen) atoms. The molecule has 1 aromatic heterocycles. The van der Waals surface area contributed by atoms with E-state index in [0.29, 0.717) is 17.0 Å². The highest BCUT2D eigenvalue weighted by atomic mass is 16.2. The Bertz CT molecular complexity index is 661. The Morgan fingerprint density at radius 2 is 1.84 bits per heavy atom. The molecule has 0 unspecified atom stereocenters. The van der Waals surface area contributed by atoms with Crippen molar-refractivity contribution in [3.05, 3.63) is 24.3 Å². The van der Waals surface area contributed by atoms with Gasteiger partial charge in [0.05, 0.1) is 0 Å². The molecule has 0 aliphatic carbocycles. The normalized spacial score (nSPS) is 10.7. The molecule has 4 amide bonds. The highest BCUT2D eigenvalue weighted by Gasteiger charge is 2.09. The second-order valence-electron chi connectivity index (χ2n) is 3.55. The zero-order valence-corrected chi connectivity index (χ0v) is 9.68. The fourth-order valence-corrected chi connectivity index (χ4v) is 1.56. The molecule has 0 aliphatic heterocycles. The third-order valence-electron chi connectivity index (χ3n) is 2.25. The van der Waals surface area contributed by atoms with Gasteiger partial charge in [0.25, 0.3) is 0 Å². The number of benzene rings is 1. The highest BCUT2D eigenvalue weighted by Crippen LogP contribution is 2.31. The van der Waals surface area contributed by atoms with Crippen molar-refractivity contribution in [2.75, 3.05) is 5.43 Å². The van der Waals surface area contributed by atoms with Crippen LogP contribution in [0.1, 0.15) is 0 Å². The van der Waals surface area contributed by atoms with Gasteiger partial charge in [-0.05, 0) is 0 Å². The number of nitrogens with zero attached hydrogens (tertiary/aromatic N) is 2. The first-order chi connectivity index (χ1) is 9.08. The van der Waals surface area contributed by atoms with E-state index in [4.69, 9.17) is 11.5 Å². The van der Waals surface area contributed by atoms with Crippen LogP contribution in [0.2, 0.25) is 0 Å². The van der Waals surface area contributed by atoms with Gasteiger partial charge in [-0.2, -0.15) is 0 Å². The second-order valence-corrected chi connectivity index (χ2v) is 3.55. The lowest BCUT2D eigenvalue weighted by Crippen LogP contribution is -2.34. The van der Waals surface area contributed by atoms with Crippen LogP contribution in [0.25, 0.3) is 10.8 Å². The SMILES string of the molecule is NC(=O)N=Nc1[nH]c(NNC(N)=O)c2ccccc12. The number of carbonyl (C=O) groups excluding carboxylic acids is 2. The number of nitrogens with two attached hydrogens (primary N) is 2. The summed E-state index contributed by atoms with van der Waals surface area (Å²) in [6, 6.07) is 5.53. The Balaban J connectivity index is 2.42. The molecular weight excluding hydrogens is 250 g/mol. The number of urea groups is 2. The summed E-state index contributed by atoms with van der Waals surface area (Å²) in [5, 5.41) is 8.39. The topological polar surface area (TPSA) is 151 Å². The van der Waals surface area contributed by atoms with Gasteiger partial charge in [-0.15, -0.1) is 5.11 Å². The quantitative estimate of drug-likeness (QED) is 0.418. The molecule has 0 fully saturated rings. The van der Waals surface area contributed by atoms with Crippen LogP contribution in [0, 0.1) is 0 Å². The predicted octanol–water partition coefficient (Wildman–Crippen LogP) is 1.33. The average molecular weight is 261 g/mol.